The minimum Gasteiger partial charge on any atom is -0.384 e. The van der Waals surface area contributed by atoms with Crippen LogP contribution in [0.3, 0.4) is 0 Å². The van der Waals surface area contributed by atoms with Gasteiger partial charge in [-0.3, -0.25) is 0 Å². The van der Waals surface area contributed by atoms with Crippen molar-refractivity contribution < 1.29 is 17.6 Å². The monoisotopic (exact) mass is 443 g/mol. The third-order valence-corrected chi connectivity index (χ3v) is 5.45. The number of aryl methyl sites for hydroxylation is 2. The van der Waals surface area contributed by atoms with E-state index in [4.69, 9.17) is 5.73 Å². The van der Waals surface area contributed by atoms with E-state index < -0.39 is 11.7 Å². The number of nitrogen functional groups attached to an aromatic ring is 1. The summed E-state index contributed by atoms with van der Waals surface area (Å²) in [5.41, 5.74) is 8.40. The average molecular weight is 443 g/mol. The molecule has 0 unspecified atom stereocenters. The van der Waals surface area contributed by atoms with Gasteiger partial charge in [0.15, 0.2) is 0 Å². The SMILES string of the molecule is Cc1[nH]c2c(F)ccc(C)c2c1CCN(c1cccc(C(F)(F)F)c1)c1cc(N)ncn1. The number of nitrogens with zero attached hydrogens (tertiary/aromatic N) is 3. The van der Waals surface area contributed by atoms with E-state index in [2.05, 4.69) is 15.0 Å². The number of anilines is 3. The molecule has 0 fully saturated rings. The summed E-state index contributed by atoms with van der Waals surface area (Å²) in [7, 11) is 0. The van der Waals surface area contributed by atoms with Crippen molar-refractivity contribution in [2.45, 2.75) is 26.4 Å². The van der Waals surface area contributed by atoms with E-state index in [1.165, 1.54) is 24.5 Å². The van der Waals surface area contributed by atoms with Crippen molar-refractivity contribution in [3.05, 3.63) is 77.0 Å². The second kappa shape index (κ2) is 8.14. The first-order valence-corrected chi connectivity index (χ1v) is 9.93. The second-order valence-electron chi connectivity index (χ2n) is 7.59. The third-order valence-electron chi connectivity index (χ3n) is 5.45. The zero-order chi connectivity index (χ0) is 23.0. The summed E-state index contributed by atoms with van der Waals surface area (Å²) < 4.78 is 54.2. The van der Waals surface area contributed by atoms with Crippen molar-refractivity contribution in [1.82, 2.24) is 15.0 Å². The molecule has 32 heavy (non-hydrogen) atoms. The highest BCUT2D eigenvalue weighted by Crippen LogP contribution is 2.34. The van der Waals surface area contributed by atoms with Crippen molar-refractivity contribution in [3.8, 4) is 0 Å². The fourth-order valence-electron chi connectivity index (χ4n) is 3.91. The maximum absolute atomic E-state index is 14.3. The molecule has 0 saturated carbocycles. The van der Waals surface area contributed by atoms with E-state index in [0.29, 0.717) is 30.0 Å². The van der Waals surface area contributed by atoms with Crippen LogP contribution in [0.4, 0.5) is 34.9 Å². The number of H-pyrrole nitrogens is 1. The van der Waals surface area contributed by atoms with Crippen LogP contribution < -0.4 is 10.6 Å². The van der Waals surface area contributed by atoms with Gasteiger partial charge in [-0.2, -0.15) is 13.2 Å². The first-order valence-electron chi connectivity index (χ1n) is 9.93. The number of hydrogen-bond acceptors (Lipinski definition) is 4. The summed E-state index contributed by atoms with van der Waals surface area (Å²) >= 11 is 0. The quantitative estimate of drug-likeness (QED) is 0.389. The fourth-order valence-corrected chi connectivity index (χ4v) is 3.91. The fraction of sp³-hybridized carbons (Fsp3) is 0.217. The molecule has 4 aromatic rings. The summed E-state index contributed by atoms with van der Waals surface area (Å²) in [5, 5.41) is 0.786. The lowest BCUT2D eigenvalue weighted by atomic mass is 10.0. The van der Waals surface area contributed by atoms with Crippen LogP contribution >= 0.6 is 0 Å². The van der Waals surface area contributed by atoms with E-state index in [1.807, 2.05) is 13.8 Å². The van der Waals surface area contributed by atoms with Gasteiger partial charge in [-0.15, -0.1) is 0 Å². The van der Waals surface area contributed by atoms with Crippen LogP contribution in [0.25, 0.3) is 10.9 Å². The van der Waals surface area contributed by atoms with E-state index in [9.17, 15) is 17.6 Å². The van der Waals surface area contributed by atoms with E-state index in [-0.39, 0.29) is 11.6 Å². The van der Waals surface area contributed by atoms with Gasteiger partial charge < -0.3 is 15.6 Å². The molecule has 0 saturated heterocycles. The summed E-state index contributed by atoms with van der Waals surface area (Å²) in [6.45, 7) is 4.04. The Balaban J connectivity index is 1.76. The molecule has 2 aromatic heterocycles. The van der Waals surface area contributed by atoms with Crippen LogP contribution in [0.1, 0.15) is 22.4 Å². The highest BCUT2D eigenvalue weighted by molar-refractivity contribution is 5.88. The second-order valence-corrected chi connectivity index (χ2v) is 7.59. The van der Waals surface area contributed by atoms with Crippen molar-refractivity contribution in [3.63, 3.8) is 0 Å². The molecule has 0 bridgehead atoms. The Labute approximate surface area is 181 Å². The predicted octanol–water partition coefficient (Wildman–Crippen LogP) is 5.70. The molecule has 5 nitrogen and oxygen atoms in total. The number of halogens is 4. The van der Waals surface area contributed by atoms with Crippen LogP contribution in [-0.2, 0) is 12.6 Å². The zero-order valence-electron chi connectivity index (χ0n) is 17.5. The molecule has 0 spiro atoms. The lowest BCUT2D eigenvalue weighted by molar-refractivity contribution is -0.137. The average Bonchev–Trinajstić information content (AvgIpc) is 3.08. The van der Waals surface area contributed by atoms with Gasteiger partial charge in [0.25, 0.3) is 0 Å². The Morgan fingerprint density at radius 2 is 1.84 bits per heavy atom. The highest BCUT2D eigenvalue weighted by Gasteiger charge is 2.31. The van der Waals surface area contributed by atoms with Crippen molar-refractivity contribution in [2.24, 2.45) is 0 Å². The third kappa shape index (κ3) is 4.10. The minimum absolute atomic E-state index is 0.202. The zero-order valence-corrected chi connectivity index (χ0v) is 17.5. The Hall–Kier alpha value is -3.62. The lowest BCUT2D eigenvalue weighted by Crippen LogP contribution is -2.22. The summed E-state index contributed by atoms with van der Waals surface area (Å²) in [5.74, 6) is 0.226. The number of aromatic amines is 1. The van der Waals surface area contributed by atoms with Crippen LogP contribution in [0.5, 0.6) is 0 Å². The molecule has 0 amide bonds. The predicted molar refractivity (Wildman–Crippen MR) is 116 cm³/mol. The molecule has 0 atom stereocenters. The largest absolute Gasteiger partial charge is 0.416 e. The van der Waals surface area contributed by atoms with Gasteiger partial charge in [-0.05, 0) is 55.7 Å². The van der Waals surface area contributed by atoms with Gasteiger partial charge in [0.1, 0.15) is 23.8 Å². The number of aromatic nitrogens is 3. The topological polar surface area (TPSA) is 70.8 Å². The first-order chi connectivity index (χ1) is 15.1. The smallest absolute Gasteiger partial charge is 0.384 e. The van der Waals surface area contributed by atoms with Crippen LogP contribution in [-0.4, -0.2) is 21.5 Å². The van der Waals surface area contributed by atoms with Crippen molar-refractivity contribution in [2.75, 3.05) is 17.2 Å². The normalized spacial score (nSPS) is 11.8. The summed E-state index contributed by atoms with van der Waals surface area (Å²) in [6, 6.07) is 9.66. The number of benzene rings is 2. The molecule has 0 aliphatic carbocycles. The summed E-state index contributed by atoms with van der Waals surface area (Å²) in [4.78, 5) is 12.8. The van der Waals surface area contributed by atoms with E-state index >= 15 is 0 Å². The number of alkyl halides is 3. The van der Waals surface area contributed by atoms with Gasteiger partial charge in [0.05, 0.1) is 11.1 Å². The number of fused-ring (bicyclic) bond motifs is 1. The van der Waals surface area contributed by atoms with Crippen molar-refractivity contribution >= 4 is 28.2 Å². The Kier molecular flexibility index (Phi) is 5.50. The standard InChI is InChI=1S/C23H21F4N5/c1-13-6-7-18(24)22-21(13)17(14(2)31-22)8-9-32(20-11-19(28)29-12-30-20)16-5-3-4-15(10-16)23(25,26)27/h3-7,10-12,31H,8-9H2,1-2H3,(H2,28,29,30). The van der Waals surface area contributed by atoms with Crippen molar-refractivity contribution in [1.29, 1.82) is 0 Å². The molecule has 166 valence electrons. The molecular formula is C23H21F4N5. The number of nitrogens with two attached hydrogens (primary N) is 1. The number of nitrogens with one attached hydrogen (secondary N) is 1. The van der Waals surface area contributed by atoms with Gasteiger partial charge in [-0.25, -0.2) is 14.4 Å². The minimum atomic E-state index is -4.48. The molecule has 3 N–H and O–H groups in total. The molecule has 0 radical (unpaired) electrons. The van der Waals surface area contributed by atoms with Gasteiger partial charge in [0.2, 0.25) is 0 Å². The Morgan fingerprint density at radius 3 is 2.56 bits per heavy atom. The lowest BCUT2D eigenvalue weighted by Gasteiger charge is -2.25. The molecule has 9 heteroatoms. The maximum atomic E-state index is 14.3. The molecule has 0 aliphatic heterocycles. The Bertz CT molecular complexity index is 1280. The number of hydrogen-bond donors (Lipinski definition) is 2. The molecular weight excluding hydrogens is 422 g/mol. The molecule has 0 aliphatic rings. The van der Waals surface area contributed by atoms with Gasteiger partial charge in [-0.1, -0.05) is 12.1 Å². The number of rotatable bonds is 5. The molecule has 2 heterocycles. The van der Waals surface area contributed by atoms with Crippen LogP contribution in [0.15, 0.2) is 48.8 Å². The summed E-state index contributed by atoms with van der Waals surface area (Å²) in [6.07, 6.45) is -2.77. The van der Waals surface area contributed by atoms with E-state index in [0.717, 1.165) is 34.3 Å². The maximum Gasteiger partial charge on any atom is 0.416 e. The van der Waals surface area contributed by atoms with Gasteiger partial charge >= 0.3 is 6.18 Å². The molecule has 2 aromatic carbocycles. The first kappa shape index (κ1) is 21.6. The van der Waals surface area contributed by atoms with Crippen LogP contribution in [0.2, 0.25) is 0 Å². The van der Waals surface area contributed by atoms with Gasteiger partial charge in [0, 0.05) is 29.4 Å². The highest BCUT2D eigenvalue weighted by atomic mass is 19.4. The molecule has 4 rings (SSSR count). The Morgan fingerprint density at radius 1 is 1.06 bits per heavy atom. The van der Waals surface area contributed by atoms with Crippen LogP contribution in [0, 0.1) is 19.7 Å². The van der Waals surface area contributed by atoms with E-state index in [1.54, 1.807) is 17.0 Å².